The summed E-state index contributed by atoms with van der Waals surface area (Å²) in [4.78, 5) is 13.8. The van der Waals surface area contributed by atoms with E-state index in [-0.39, 0.29) is 0 Å². The molecule has 2 N–H and O–H groups in total. The molecule has 3 aromatic rings. The van der Waals surface area contributed by atoms with Crippen LogP contribution in [0.1, 0.15) is 25.7 Å². The highest BCUT2D eigenvalue weighted by Crippen LogP contribution is 2.50. The van der Waals surface area contributed by atoms with Crippen molar-refractivity contribution in [2.24, 2.45) is 5.41 Å². The van der Waals surface area contributed by atoms with E-state index in [4.69, 9.17) is 11.6 Å². The number of anilines is 5. The van der Waals surface area contributed by atoms with Crippen LogP contribution in [0.25, 0.3) is 0 Å². The van der Waals surface area contributed by atoms with Gasteiger partial charge in [0.25, 0.3) is 0 Å². The van der Waals surface area contributed by atoms with E-state index in [1.165, 1.54) is 31.4 Å². The zero-order valence-electron chi connectivity index (χ0n) is 22.0. The normalized spacial score (nSPS) is 17.6. The van der Waals surface area contributed by atoms with Gasteiger partial charge in [-0.15, -0.1) is 0 Å². The Bertz CT molecular complexity index is 1290. The molecule has 196 valence electrons. The second-order valence-electron chi connectivity index (χ2n) is 11.1. The highest BCUT2D eigenvalue weighted by Gasteiger charge is 2.46. The smallest absolute Gasteiger partial charge is 0.229 e. The molecule has 37 heavy (non-hydrogen) atoms. The second kappa shape index (κ2) is 10.3. The fourth-order valence-electron chi connectivity index (χ4n) is 5.53. The minimum Gasteiger partial charge on any atom is -0.371 e. The van der Waals surface area contributed by atoms with Gasteiger partial charge in [-0.05, 0) is 94.9 Å². The van der Waals surface area contributed by atoms with E-state index in [2.05, 4.69) is 68.8 Å². The SMILES string of the molecule is CN(C)C1CC2(CCN(c3ccc(Nc4ncc(Cl)c(Nc5ccccc5P(C)(C)=O)n4)cc3)CC2)C1. The second-order valence-corrected chi connectivity index (χ2v) is 14.7. The summed E-state index contributed by atoms with van der Waals surface area (Å²) in [5, 5.41) is 7.68. The van der Waals surface area contributed by atoms with Crippen LogP contribution in [0.2, 0.25) is 5.02 Å². The minimum atomic E-state index is -2.47. The van der Waals surface area contributed by atoms with Crippen LogP contribution in [0, 0.1) is 5.41 Å². The van der Waals surface area contributed by atoms with Crippen LogP contribution in [0.5, 0.6) is 0 Å². The van der Waals surface area contributed by atoms with E-state index in [1.54, 1.807) is 19.5 Å². The number of rotatable bonds is 7. The predicted molar refractivity (Wildman–Crippen MR) is 156 cm³/mol. The molecule has 2 aromatic carbocycles. The third kappa shape index (κ3) is 5.79. The van der Waals surface area contributed by atoms with Gasteiger partial charge in [-0.2, -0.15) is 4.98 Å². The van der Waals surface area contributed by atoms with E-state index < -0.39 is 7.14 Å². The summed E-state index contributed by atoms with van der Waals surface area (Å²) in [5.41, 5.74) is 3.46. The molecule has 2 heterocycles. The molecule has 1 aliphatic carbocycles. The van der Waals surface area contributed by atoms with Gasteiger partial charge in [0.05, 0.1) is 11.9 Å². The molecule has 1 spiro atoms. The van der Waals surface area contributed by atoms with Crippen LogP contribution in [-0.2, 0) is 4.57 Å². The lowest BCUT2D eigenvalue weighted by Crippen LogP contribution is -2.53. The summed E-state index contributed by atoms with van der Waals surface area (Å²) in [6.07, 6.45) is 6.81. The van der Waals surface area contributed by atoms with Crippen LogP contribution >= 0.6 is 18.7 Å². The number of nitrogens with one attached hydrogen (secondary N) is 2. The van der Waals surface area contributed by atoms with E-state index >= 15 is 0 Å². The van der Waals surface area contributed by atoms with E-state index in [9.17, 15) is 4.57 Å². The van der Waals surface area contributed by atoms with Crippen molar-refractivity contribution in [3.05, 3.63) is 59.8 Å². The van der Waals surface area contributed by atoms with Crippen molar-refractivity contribution in [3.63, 3.8) is 0 Å². The topological polar surface area (TPSA) is 73.4 Å². The Labute approximate surface area is 225 Å². The first-order valence-electron chi connectivity index (χ1n) is 12.8. The first-order chi connectivity index (χ1) is 17.6. The van der Waals surface area contributed by atoms with Crippen molar-refractivity contribution in [3.8, 4) is 0 Å². The number of para-hydroxylation sites is 1. The molecular weight excluding hydrogens is 503 g/mol. The molecule has 1 aromatic heterocycles. The molecule has 0 bridgehead atoms. The van der Waals surface area contributed by atoms with Crippen molar-refractivity contribution >= 4 is 52.9 Å². The zero-order chi connectivity index (χ0) is 26.2. The van der Waals surface area contributed by atoms with Gasteiger partial charge in [-0.25, -0.2) is 4.98 Å². The molecule has 2 aliphatic rings. The summed E-state index contributed by atoms with van der Waals surface area (Å²) in [7, 11) is 1.92. The molecular formula is C28H36ClN6OP. The van der Waals surface area contributed by atoms with Crippen LogP contribution < -0.4 is 20.8 Å². The maximum Gasteiger partial charge on any atom is 0.229 e. The van der Waals surface area contributed by atoms with Crippen molar-refractivity contribution < 1.29 is 4.57 Å². The third-order valence-corrected chi connectivity index (χ3v) is 9.69. The third-order valence-electron chi connectivity index (χ3n) is 7.86. The van der Waals surface area contributed by atoms with Crippen LogP contribution in [0.4, 0.5) is 28.8 Å². The summed E-state index contributed by atoms with van der Waals surface area (Å²) < 4.78 is 12.7. The van der Waals surface area contributed by atoms with Crippen LogP contribution in [0.3, 0.4) is 0 Å². The fourth-order valence-corrected chi connectivity index (χ4v) is 6.82. The Kier molecular flexibility index (Phi) is 7.23. The average Bonchev–Trinajstić information content (AvgIpc) is 2.85. The maximum absolute atomic E-state index is 12.7. The number of halogens is 1. The van der Waals surface area contributed by atoms with Gasteiger partial charge >= 0.3 is 0 Å². The molecule has 0 unspecified atom stereocenters. The highest BCUT2D eigenvalue weighted by atomic mass is 35.5. The monoisotopic (exact) mass is 538 g/mol. The summed E-state index contributed by atoms with van der Waals surface area (Å²) in [6.45, 7) is 5.74. The lowest BCUT2D eigenvalue weighted by molar-refractivity contribution is 0.00490. The molecule has 1 aliphatic heterocycles. The largest absolute Gasteiger partial charge is 0.371 e. The molecule has 0 atom stereocenters. The van der Waals surface area contributed by atoms with Gasteiger partial charge in [0.2, 0.25) is 5.95 Å². The van der Waals surface area contributed by atoms with E-state index in [0.717, 1.165) is 35.8 Å². The quantitative estimate of drug-likeness (QED) is 0.348. The van der Waals surface area contributed by atoms with E-state index in [1.807, 2.05) is 24.3 Å². The van der Waals surface area contributed by atoms with Crippen molar-refractivity contribution in [1.29, 1.82) is 0 Å². The van der Waals surface area contributed by atoms with Gasteiger partial charge < -0.3 is 25.0 Å². The number of aromatic nitrogens is 2. The Morgan fingerprint density at radius 2 is 1.70 bits per heavy atom. The number of piperidine rings is 1. The Morgan fingerprint density at radius 1 is 1.03 bits per heavy atom. The average molecular weight is 539 g/mol. The van der Waals surface area contributed by atoms with Crippen molar-refractivity contribution in [2.75, 3.05) is 56.0 Å². The Balaban J connectivity index is 1.23. The fraction of sp³-hybridized carbons (Fsp3) is 0.429. The van der Waals surface area contributed by atoms with Crippen molar-refractivity contribution in [1.82, 2.24) is 14.9 Å². The summed E-state index contributed by atoms with van der Waals surface area (Å²) in [6, 6.07) is 16.7. The molecule has 1 saturated heterocycles. The first kappa shape index (κ1) is 26.0. The Hall–Kier alpha value is -2.60. The standard InChI is InChI=1S/C28H36ClN6OP/c1-34(2)22-17-28(18-22)13-15-35(16-14-28)21-11-9-20(10-12-21)31-27-30-19-23(29)26(33-27)32-24-7-5-6-8-25(24)37(3,4)36/h5-12,19,22H,13-18H2,1-4H3,(H2,30,31,32,33). The number of hydrogen-bond acceptors (Lipinski definition) is 7. The molecule has 0 amide bonds. The molecule has 1 saturated carbocycles. The van der Waals surface area contributed by atoms with Crippen molar-refractivity contribution in [2.45, 2.75) is 31.7 Å². The lowest BCUT2D eigenvalue weighted by Gasteiger charge is -2.54. The van der Waals surface area contributed by atoms with Crippen LogP contribution in [0.15, 0.2) is 54.7 Å². The van der Waals surface area contributed by atoms with Gasteiger partial charge in [-0.3, -0.25) is 0 Å². The zero-order valence-corrected chi connectivity index (χ0v) is 23.7. The van der Waals surface area contributed by atoms with Gasteiger partial charge in [0.1, 0.15) is 12.2 Å². The molecule has 9 heteroatoms. The molecule has 2 fully saturated rings. The highest BCUT2D eigenvalue weighted by molar-refractivity contribution is 7.70. The Morgan fingerprint density at radius 3 is 2.35 bits per heavy atom. The molecule has 7 nitrogen and oxygen atoms in total. The molecule has 5 rings (SSSR count). The van der Waals surface area contributed by atoms with Gasteiger partial charge in [-0.1, -0.05) is 23.7 Å². The summed E-state index contributed by atoms with van der Waals surface area (Å²) >= 11 is 6.39. The minimum absolute atomic E-state index is 0.393. The summed E-state index contributed by atoms with van der Waals surface area (Å²) in [5.74, 6) is 0.903. The number of hydrogen-bond donors (Lipinski definition) is 2. The number of nitrogens with zero attached hydrogens (tertiary/aromatic N) is 4. The number of benzene rings is 2. The van der Waals surface area contributed by atoms with Gasteiger partial charge in [0.15, 0.2) is 5.82 Å². The maximum atomic E-state index is 12.7. The predicted octanol–water partition coefficient (Wildman–Crippen LogP) is 6.18. The van der Waals surface area contributed by atoms with Gasteiger partial charge in [0, 0.05) is 35.8 Å². The van der Waals surface area contributed by atoms with E-state index in [0.29, 0.717) is 22.2 Å². The molecule has 0 radical (unpaired) electrons. The first-order valence-corrected chi connectivity index (χ1v) is 15.8. The van der Waals surface area contributed by atoms with Crippen LogP contribution in [-0.4, -0.2) is 61.4 Å². The lowest BCUT2D eigenvalue weighted by atomic mass is 9.60.